The molecule has 102 valence electrons. The molecule has 0 aliphatic heterocycles. The van der Waals surface area contributed by atoms with Gasteiger partial charge in [0.2, 0.25) is 0 Å². The summed E-state index contributed by atoms with van der Waals surface area (Å²) < 4.78 is 6.79. The number of nitrogens with two attached hydrogens (primary N) is 1. The molecule has 0 spiro atoms. The summed E-state index contributed by atoms with van der Waals surface area (Å²) in [6.07, 6.45) is 0. The van der Waals surface area contributed by atoms with E-state index in [1.54, 1.807) is 11.3 Å². The molecule has 0 saturated carbocycles. The predicted octanol–water partition coefficient (Wildman–Crippen LogP) is 4.63. The predicted molar refractivity (Wildman–Crippen MR) is 87.1 cm³/mol. The molecule has 3 rings (SSSR count). The quantitative estimate of drug-likeness (QED) is 0.687. The second-order valence-corrected chi connectivity index (χ2v) is 5.47. The van der Waals surface area contributed by atoms with Crippen LogP contribution in [0.2, 0.25) is 0 Å². The Labute approximate surface area is 122 Å². The van der Waals surface area contributed by atoms with Crippen LogP contribution >= 0.6 is 11.3 Å². The van der Waals surface area contributed by atoms with Crippen molar-refractivity contribution in [2.24, 2.45) is 0 Å². The van der Waals surface area contributed by atoms with E-state index >= 15 is 0 Å². The van der Waals surface area contributed by atoms with Crippen LogP contribution in [0.3, 0.4) is 0 Å². The Morgan fingerprint density at radius 3 is 2.85 bits per heavy atom. The van der Waals surface area contributed by atoms with Gasteiger partial charge in [-0.1, -0.05) is 0 Å². The van der Waals surface area contributed by atoms with Gasteiger partial charge in [-0.25, -0.2) is 0 Å². The normalized spacial score (nSPS) is 10.7. The van der Waals surface area contributed by atoms with Crippen molar-refractivity contribution in [2.45, 2.75) is 6.92 Å². The number of rotatable bonds is 4. The van der Waals surface area contributed by atoms with Crippen LogP contribution in [-0.4, -0.2) is 6.61 Å². The van der Waals surface area contributed by atoms with Gasteiger partial charge in [0.25, 0.3) is 0 Å². The largest absolute Gasteiger partial charge is 0.494 e. The first kappa shape index (κ1) is 12.8. The number of nitrogens with one attached hydrogen (secondary N) is 1. The van der Waals surface area contributed by atoms with Crippen molar-refractivity contribution in [3.63, 3.8) is 0 Å². The molecule has 20 heavy (non-hydrogen) atoms. The number of anilines is 3. The Kier molecular flexibility index (Phi) is 3.48. The van der Waals surface area contributed by atoms with E-state index in [4.69, 9.17) is 10.5 Å². The van der Waals surface area contributed by atoms with Gasteiger partial charge in [0, 0.05) is 33.9 Å². The highest BCUT2D eigenvalue weighted by atomic mass is 32.1. The first-order valence-electron chi connectivity index (χ1n) is 6.52. The molecule has 0 unspecified atom stereocenters. The van der Waals surface area contributed by atoms with Crippen molar-refractivity contribution in [1.82, 2.24) is 0 Å². The van der Waals surface area contributed by atoms with Crippen LogP contribution in [0.1, 0.15) is 6.92 Å². The first-order valence-corrected chi connectivity index (χ1v) is 7.40. The SMILES string of the molecule is CCOc1cc(N)cc(Nc2ccc3sccc3c2)c1. The molecule has 3 aromatic rings. The van der Waals surface area contributed by atoms with Crippen LogP contribution in [0.15, 0.2) is 47.8 Å². The van der Waals surface area contributed by atoms with E-state index in [1.807, 2.05) is 25.1 Å². The summed E-state index contributed by atoms with van der Waals surface area (Å²) in [7, 11) is 0. The molecule has 0 fully saturated rings. The fourth-order valence-corrected chi connectivity index (χ4v) is 2.93. The highest BCUT2D eigenvalue weighted by molar-refractivity contribution is 7.17. The van der Waals surface area contributed by atoms with E-state index in [1.165, 1.54) is 10.1 Å². The van der Waals surface area contributed by atoms with Gasteiger partial charge in [0.15, 0.2) is 0 Å². The molecule has 4 heteroatoms. The van der Waals surface area contributed by atoms with E-state index in [0.29, 0.717) is 12.3 Å². The molecular weight excluding hydrogens is 268 g/mol. The zero-order valence-corrected chi connectivity index (χ0v) is 12.0. The third-order valence-electron chi connectivity index (χ3n) is 2.98. The lowest BCUT2D eigenvalue weighted by Gasteiger charge is -2.10. The van der Waals surface area contributed by atoms with Gasteiger partial charge in [-0.2, -0.15) is 0 Å². The van der Waals surface area contributed by atoms with Crippen molar-refractivity contribution in [1.29, 1.82) is 0 Å². The number of ether oxygens (including phenoxy) is 1. The molecule has 3 N–H and O–H groups in total. The highest BCUT2D eigenvalue weighted by Crippen LogP contribution is 2.28. The van der Waals surface area contributed by atoms with Crippen LogP contribution in [0, 0.1) is 0 Å². The number of nitrogen functional groups attached to an aromatic ring is 1. The molecule has 3 nitrogen and oxygen atoms in total. The molecule has 0 aliphatic carbocycles. The van der Waals surface area contributed by atoms with Crippen molar-refractivity contribution in [3.8, 4) is 5.75 Å². The van der Waals surface area contributed by atoms with Crippen molar-refractivity contribution in [2.75, 3.05) is 17.7 Å². The third kappa shape index (κ3) is 2.70. The van der Waals surface area contributed by atoms with Crippen LogP contribution in [0.4, 0.5) is 17.1 Å². The zero-order valence-electron chi connectivity index (χ0n) is 11.2. The third-order valence-corrected chi connectivity index (χ3v) is 3.88. The summed E-state index contributed by atoms with van der Waals surface area (Å²) >= 11 is 1.75. The maximum absolute atomic E-state index is 5.90. The zero-order chi connectivity index (χ0) is 13.9. The number of fused-ring (bicyclic) bond motifs is 1. The van der Waals surface area contributed by atoms with Gasteiger partial charge in [0.05, 0.1) is 6.61 Å². The number of thiophene rings is 1. The lowest BCUT2D eigenvalue weighted by atomic mass is 10.2. The van der Waals surface area contributed by atoms with Crippen molar-refractivity contribution >= 4 is 38.5 Å². The van der Waals surface area contributed by atoms with Gasteiger partial charge in [0.1, 0.15) is 5.75 Å². The van der Waals surface area contributed by atoms with E-state index < -0.39 is 0 Å². The molecule has 0 saturated heterocycles. The van der Waals surface area contributed by atoms with Crippen molar-refractivity contribution in [3.05, 3.63) is 47.8 Å². The Hall–Kier alpha value is -2.20. The number of hydrogen-bond acceptors (Lipinski definition) is 4. The topological polar surface area (TPSA) is 47.3 Å². The Morgan fingerprint density at radius 1 is 1.10 bits per heavy atom. The van der Waals surface area contributed by atoms with Gasteiger partial charge < -0.3 is 15.8 Å². The lowest BCUT2D eigenvalue weighted by molar-refractivity contribution is 0.340. The van der Waals surface area contributed by atoms with Gasteiger partial charge >= 0.3 is 0 Å². The monoisotopic (exact) mass is 284 g/mol. The van der Waals surface area contributed by atoms with E-state index in [-0.39, 0.29) is 0 Å². The van der Waals surface area contributed by atoms with Gasteiger partial charge in [-0.15, -0.1) is 11.3 Å². The molecule has 2 aromatic carbocycles. The summed E-state index contributed by atoms with van der Waals surface area (Å²) in [4.78, 5) is 0. The minimum atomic E-state index is 0.629. The average Bonchev–Trinajstić information content (AvgIpc) is 2.85. The van der Waals surface area contributed by atoms with Gasteiger partial charge in [-0.05, 0) is 48.0 Å². The molecule has 0 aliphatic rings. The highest BCUT2D eigenvalue weighted by Gasteiger charge is 2.02. The van der Waals surface area contributed by atoms with Crippen LogP contribution in [-0.2, 0) is 0 Å². The second-order valence-electron chi connectivity index (χ2n) is 4.52. The molecular formula is C16H16N2OS. The summed E-state index contributed by atoms with van der Waals surface area (Å²) in [5.74, 6) is 0.784. The fraction of sp³-hybridized carbons (Fsp3) is 0.125. The second kappa shape index (κ2) is 5.43. The maximum Gasteiger partial charge on any atom is 0.123 e. The summed E-state index contributed by atoms with van der Waals surface area (Å²) in [5, 5.41) is 6.71. The molecule has 0 radical (unpaired) electrons. The smallest absolute Gasteiger partial charge is 0.123 e. The van der Waals surface area contributed by atoms with Gasteiger partial charge in [-0.3, -0.25) is 0 Å². The molecule has 0 atom stereocenters. The minimum Gasteiger partial charge on any atom is -0.494 e. The molecule has 0 bridgehead atoms. The van der Waals surface area contributed by atoms with E-state index in [9.17, 15) is 0 Å². The van der Waals surface area contributed by atoms with Crippen LogP contribution in [0.25, 0.3) is 10.1 Å². The molecule has 1 heterocycles. The first-order chi connectivity index (χ1) is 9.74. The Morgan fingerprint density at radius 2 is 2.00 bits per heavy atom. The summed E-state index contributed by atoms with van der Waals surface area (Å²) in [5.41, 5.74) is 8.57. The summed E-state index contributed by atoms with van der Waals surface area (Å²) in [6.45, 7) is 2.59. The average molecular weight is 284 g/mol. The summed E-state index contributed by atoms with van der Waals surface area (Å²) in [6, 6.07) is 14.1. The minimum absolute atomic E-state index is 0.629. The Balaban J connectivity index is 1.89. The number of benzene rings is 2. The van der Waals surface area contributed by atoms with Crippen LogP contribution in [0.5, 0.6) is 5.75 Å². The molecule has 0 amide bonds. The van der Waals surface area contributed by atoms with Crippen LogP contribution < -0.4 is 15.8 Å². The Bertz CT molecular complexity index is 736. The van der Waals surface area contributed by atoms with E-state index in [0.717, 1.165) is 17.1 Å². The van der Waals surface area contributed by atoms with Crippen molar-refractivity contribution < 1.29 is 4.74 Å². The number of hydrogen-bond donors (Lipinski definition) is 2. The standard InChI is InChI=1S/C16H16N2OS/c1-2-19-15-9-12(17)8-14(10-15)18-13-3-4-16-11(7-13)5-6-20-16/h3-10,18H,2,17H2,1H3. The molecule has 1 aromatic heterocycles. The fourth-order valence-electron chi connectivity index (χ4n) is 2.16. The maximum atomic E-state index is 5.90. The lowest BCUT2D eigenvalue weighted by Crippen LogP contribution is -1.96. The van der Waals surface area contributed by atoms with E-state index in [2.05, 4.69) is 35.0 Å².